The molecule has 0 spiro atoms. The van der Waals surface area contributed by atoms with Crippen molar-refractivity contribution in [2.75, 3.05) is 39.6 Å². The normalized spacial score (nSPS) is 13.9. The lowest BCUT2D eigenvalue weighted by Crippen LogP contribution is -2.30. The van der Waals surface area contributed by atoms with Gasteiger partial charge in [-0.1, -0.05) is 362 Å². The van der Waals surface area contributed by atoms with E-state index < -0.39 is 97.5 Å². The number of carbonyl (C=O) groups excluding carboxylic acids is 4. The van der Waals surface area contributed by atoms with Crippen LogP contribution in [0, 0.1) is 0 Å². The second kappa shape index (κ2) is 71.5. The van der Waals surface area contributed by atoms with Crippen LogP contribution in [0.3, 0.4) is 0 Å². The minimum Gasteiger partial charge on any atom is -0.462 e. The number of esters is 4. The molecular formula is C77H150O17P2. The van der Waals surface area contributed by atoms with Crippen LogP contribution in [0.1, 0.15) is 413 Å². The van der Waals surface area contributed by atoms with Crippen molar-refractivity contribution in [2.24, 2.45) is 0 Å². The average molecular weight is 1410 g/mol. The number of unbranched alkanes of at least 4 members (excludes halogenated alkanes) is 52. The Bertz CT molecular complexity index is 1830. The van der Waals surface area contributed by atoms with Gasteiger partial charge >= 0.3 is 39.5 Å². The molecule has 0 fully saturated rings. The van der Waals surface area contributed by atoms with Crippen molar-refractivity contribution in [1.82, 2.24) is 0 Å². The van der Waals surface area contributed by atoms with Gasteiger partial charge in [0.25, 0.3) is 0 Å². The highest BCUT2D eigenvalue weighted by Crippen LogP contribution is 2.45. The van der Waals surface area contributed by atoms with E-state index >= 15 is 0 Å². The molecule has 0 radical (unpaired) electrons. The van der Waals surface area contributed by atoms with Crippen LogP contribution in [0.4, 0.5) is 0 Å². The summed E-state index contributed by atoms with van der Waals surface area (Å²) in [5.74, 6) is -2.11. The molecule has 0 aromatic rings. The third-order valence-electron chi connectivity index (χ3n) is 18.1. The lowest BCUT2D eigenvalue weighted by molar-refractivity contribution is -0.161. The summed E-state index contributed by atoms with van der Waals surface area (Å²) in [6.07, 6.45) is 62.1. The number of aliphatic hydroxyl groups is 1. The zero-order valence-corrected chi connectivity index (χ0v) is 64.1. The van der Waals surface area contributed by atoms with E-state index in [1.807, 2.05) is 0 Å². The summed E-state index contributed by atoms with van der Waals surface area (Å²) in [5, 5.41) is 10.6. The van der Waals surface area contributed by atoms with Gasteiger partial charge in [0.1, 0.15) is 19.3 Å². The van der Waals surface area contributed by atoms with E-state index in [4.69, 9.17) is 37.0 Å². The number of rotatable bonds is 78. The predicted molar refractivity (Wildman–Crippen MR) is 391 cm³/mol. The van der Waals surface area contributed by atoms with Crippen LogP contribution in [0.5, 0.6) is 0 Å². The van der Waals surface area contributed by atoms with Crippen molar-refractivity contribution in [1.29, 1.82) is 0 Å². The molecule has 0 heterocycles. The Kier molecular flexibility index (Phi) is 70.0. The van der Waals surface area contributed by atoms with Crippen molar-refractivity contribution in [3.63, 3.8) is 0 Å². The van der Waals surface area contributed by atoms with Crippen molar-refractivity contribution >= 4 is 39.5 Å². The van der Waals surface area contributed by atoms with E-state index in [0.29, 0.717) is 25.7 Å². The number of carbonyl (C=O) groups is 4. The number of phosphoric ester groups is 2. The standard InChI is InChI=1S/C77H150O17P2/c1-5-9-13-17-21-25-29-33-35-39-42-46-50-54-58-62-75(80)88-68-73(94-77(82)64-60-56-52-48-44-40-36-34-30-26-22-18-14-10-6-2)70-92-96(85,86)90-66-71(78)65-89-95(83,84)91-69-72(93-76(81)63-59-55-51-47-43-38-32-28-24-20-16-12-8-4)67-87-74(79)61-57-53-49-45-41-37-31-27-23-19-15-11-7-3/h71-73,78H,5-70H2,1-4H3,(H,83,84)(H,85,86)/t71-,72+,73+/m0/s1. The molecule has 0 aliphatic heterocycles. The molecule has 0 saturated heterocycles. The smallest absolute Gasteiger partial charge is 0.462 e. The van der Waals surface area contributed by atoms with Gasteiger partial charge in [-0.2, -0.15) is 0 Å². The highest BCUT2D eigenvalue weighted by molar-refractivity contribution is 7.47. The van der Waals surface area contributed by atoms with Gasteiger partial charge in [0.15, 0.2) is 12.2 Å². The fraction of sp³-hybridized carbons (Fsp3) is 0.948. The van der Waals surface area contributed by atoms with Gasteiger partial charge < -0.3 is 33.8 Å². The fourth-order valence-corrected chi connectivity index (χ4v) is 13.5. The Balaban J connectivity index is 5.26. The molecule has 0 saturated carbocycles. The van der Waals surface area contributed by atoms with Gasteiger partial charge in [0.2, 0.25) is 0 Å². The molecule has 17 nitrogen and oxygen atoms in total. The first kappa shape index (κ1) is 94.1. The summed E-state index contributed by atoms with van der Waals surface area (Å²) in [6, 6.07) is 0. The van der Waals surface area contributed by atoms with Gasteiger partial charge in [0.05, 0.1) is 26.4 Å². The van der Waals surface area contributed by atoms with Crippen molar-refractivity contribution in [3.05, 3.63) is 0 Å². The summed E-state index contributed by atoms with van der Waals surface area (Å²) < 4.78 is 68.6. The van der Waals surface area contributed by atoms with E-state index in [9.17, 15) is 43.2 Å². The van der Waals surface area contributed by atoms with Gasteiger partial charge in [-0.25, -0.2) is 9.13 Å². The fourth-order valence-electron chi connectivity index (χ4n) is 11.9. The molecule has 3 N–H and O–H groups in total. The number of aliphatic hydroxyl groups excluding tert-OH is 1. The van der Waals surface area contributed by atoms with E-state index in [0.717, 1.165) is 89.9 Å². The van der Waals surface area contributed by atoms with Crippen molar-refractivity contribution < 1.29 is 80.2 Å². The molecule has 0 rings (SSSR count). The van der Waals surface area contributed by atoms with Crippen LogP contribution in [-0.4, -0.2) is 96.7 Å². The SMILES string of the molecule is CCCCCCCCCCCCCCCCCC(=O)OC[C@H](COP(=O)(O)OC[C@@H](O)COP(=O)(O)OC[C@@H](COC(=O)CCCCCCCCCCCCCCC)OC(=O)CCCCCCCCCCCCCCC)OC(=O)CCCCCCCCCCCCCCCCC. The quantitative estimate of drug-likeness (QED) is 0.0222. The monoisotopic (exact) mass is 1410 g/mol. The first-order valence-electron chi connectivity index (χ1n) is 40.3. The second-order valence-electron chi connectivity index (χ2n) is 27.7. The zero-order valence-electron chi connectivity index (χ0n) is 62.4. The minimum absolute atomic E-state index is 0.109. The molecule has 0 amide bonds. The largest absolute Gasteiger partial charge is 0.472 e. The molecule has 570 valence electrons. The van der Waals surface area contributed by atoms with Crippen LogP contribution >= 0.6 is 15.6 Å². The number of hydrogen-bond donors (Lipinski definition) is 3. The Labute approximate surface area is 588 Å². The van der Waals surface area contributed by atoms with Crippen molar-refractivity contribution in [3.8, 4) is 0 Å². The predicted octanol–water partition coefficient (Wildman–Crippen LogP) is 23.0. The lowest BCUT2D eigenvalue weighted by Gasteiger charge is -2.21. The number of hydrogen-bond acceptors (Lipinski definition) is 15. The van der Waals surface area contributed by atoms with Gasteiger partial charge in [-0.3, -0.25) is 37.3 Å². The topological polar surface area (TPSA) is 237 Å². The third kappa shape index (κ3) is 70.5. The van der Waals surface area contributed by atoms with E-state index in [-0.39, 0.29) is 25.7 Å². The van der Waals surface area contributed by atoms with Crippen LogP contribution in [0.25, 0.3) is 0 Å². The number of ether oxygens (including phenoxy) is 4. The summed E-state index contributed by atoms with van der Waals surface area (Å²) in [7, 11) is -9.91. The number of phosphoric acid groups is 2. The summed E-state index contributed by atoms with van der Waals surface area (Å²) in [6.45, 7) is 5.01. The van der Waals surface area contributed by atoms with E-state index in [1.54, 1.807) is 0 Å². The van der Waals surface area contributed by atoms with Crippen LogP contribution in [0.15, 0.2) is 0 Å². The molecule has 5 atom stereocenters. The van der Waals surface area contributed by atoms with E-state index in [1.165, 1.54) is 244 Å². The zero-order chi connectivity index (χ0) is 70.4. The Hall–Kier alpha value is -1.94. The maximum Gasteiger partial charge on any atom is 0.472 e. The van der Waals surface area contributed by atoms with Crippen molar-refractivity contribution in [2.45, 2.75) is 431 Å². The van der Waals surface area contributed by atoms with E-state index in [2.05, 4.69) is 27.7 Å². The summed E-state index contributed by atoms with van der Waals surface area (Å²) in [5.41, 5.74) is 0. The van der Waals surface area contributed by atoms with Crippen LogP contribution in [-0.2, 0) is 65.4 Å². The Morgan fingerprint density at radius 3 is 0.615 bits per heavy atom. The molecule has 0 bridgehead atoms. The highest BCUT2D eigenvalue weighted by Gasteiger charge is 2.30. The molecule has 0 aliphatic carbocycles. The third-order valence-corrected chi connectivity index (χ3v) is 20.0. The summed E-state index contributed by atoms with van der Waals surface area (Å²) in [4.78, 5) is 72.9. The molecule has 0 aromatic heterocycles. The highest BCUT2D eigenvalue weighted by atomic mass is 31.2. The van der Waals surface area contributed by atoms with Gasteiger partial charge in [-0.15, -0.1) is 0 Å². The van der Waals surface area contributed by atoms with Crippen LogP contribution in [0.2, 0.25) is 0 Å². The molecule has 96 heavy (non-hydrogen) atoms. The first-order valence-corrected chi connectivity index (χ1v) is 43.3. The Morgan fingerprint density at radius 2 is 0.417 bits per heavy atom. The van der Waals surface area contributed by atoms with Gasteiger partial charge in [-0.05, 0) is 25.7 Å². The maximum absolute atomic E-state index is 13.1. The Morgan fingerprint density at radius 1 is 0.250 bits per heavy atom. The molecule has 0 aliphatic rings. The average Bonchev–Trinajstić information content (AvgIpc) is 1.36. The van der Waals surface area contributed by atoms with Crippen LogP contribution < -0.4 is 0 Å². The molecule has 19 heteroatoms. The molecule has 0 aromatic carbocycles. The molecular weight excluding hydrogens is 1260 g/mol. The lowest BCUT2D eigenvalue weighted by atomic mass is 10.0. The summed E-state index contributed by atoms with van der Waals surface area (Å²) >= 11 is 0. The first-order chi connectivity index (χ1) is 46.7. The maximum atomic E-state index is 13.1. The second-order valence-corrected chi connectivity index (χ2v) is 30.7. The molecule has 2 unspecified atom stereocenters. The van der Waals surface area contributed by atoms with Gasteiger partial charge in [0, 0.05) is 25.7 Å². The minimum atomic E-state index is -4.96.